The summed E-state index contributed by atoms with van der Waals surface area (Å²) in [5.74, 6) is -2.02. The number of carbonyl (C=O) groups is 1. The number of hydrogen-bond donors (Lipinski definition) is 1. The van der Waals surface area contributed by atoms with Crippen LogP contribution in [0.3, 0.4) is 0 Å². The lowest BCUT2D eigenvalue weighted by molar-refractivity contribution is 0.0854. The summed E-state index contributed by atoms with van der Waals surface area (Å²) < 4.78 is 38.5. The first-order chi connectivity index (χ1) is 14.0. The van der Waals surface area contributed by atoms with E-state index >= 15 is 0 Å². The number of nitrogens with zero attached hydrogens (tertiary/aromatic N) is 1. The molecule has 0 radical (unpaired) electrons. The van der Waals surface area contributed by atoms with Gasteiger partial charge in [0.25, 0.3) is 5.91 Å². The fraction of sp³-hybridized carbons (Fsp3) is 0.238. The van der Waals surface area contributed by atoms with Crippen LogP contribution in [0.2, 0.25) is 5.02 Å². The topological polar surface area (TPSA) is 63.8 Å². The maximum Gasteiger partial charge on any atom is 0.256 e. The summed E-state index contributed by atoms with van der Waals surface area (Å²) in [6.45, 7) is 1.02. The van der Waals surface area contributed by atoms with Crippen molar-refractivity contribution in [3.05, 3.63) is 70.2 Å². The molecule has 29 heavy (non-hydrogen) atoms. The zero-order valence-electron chi connectivity index (χ0n) is 15.3. The lowest BCUT2D eigenvalue weighted by Gasteiger charge is -2.11. The molecule has 1 amide bonds. The molecule has 0 saturated carbocycles. The van der Waals surface area contributed by atoms with E-state index in [4.69, 9.17) is 20.8 Å². The van der Waals surface area contributed by atoms with Crippen LogP contribution in [0.25, 0.3) is 11.0 Å². The molecule has 1 aliphatic heterocycles. The second-order valence-electron chi connectivity index (χ2n) is 6.70. The van der Waals surface area contributed by atoms with Crippen LogP contribution in [0.1, 0.15) is 23.2 Å². The molecule has 1 aromatic heterocycles. The summed E-state index contributed by atoms with van der Waals surface area (Å²) in [6, 6.07) is 9.48. The summed E-state index contributed by atoms with van der Waals surface area (Å²) in [7, 11) is 0. The minimum Gasteiger partial charge on any atom is -0.438 e. The minimum absolute atomic E-state index is 0.0410. The van der Waals surface area contributed by atoms with Crippen LogP contribution in [-0.4, -0.2) is 25.2 Å². The molecule has 5 nitrogen and oxygen atoms in total. The average molecular weight is 419 g/mol. The van der Waals surface area contributed by atoms with Crippen molar-refractivity contribution in [1.82, 2.24) is 5.32 Å². The van der Waals surface area contributed by atoms with Gasteiger partial charge in [0, 0.05) is 29.6 Å². The normalized spacial score (nSPS) is 17.1. The quantitative estimate of drug-likeness (QED) is 0.678. The predicted molar refractivity (Wildman–Crippen MR) is 104 cm³/mol. The number of hydrogen-bond acceptors (Lipinski definition) is 4. The van der Waals surface area contributed by atoms with Gasteiger partial charge in [-0.1, -0.05) is 11.6 Å². The monoisotopic (exact) mass is 418 g/mol. The van der Waals surface area contributed by atoms with Gasteiger partial charge in [-0.3, -0.25) is 4.79 Å². The standard InChI is InChI=1S/C21H17ClF2N2O3/c22-13-3-6-19-12(8-13)9-16(20(27)25-11-15-2-1-7-28-15)21(29-19)26-18-5-4-14(23)10-17(18)24/h3-6,8-10,15H,1-2,7,11H2,(H,25,27)/t15-/m1/s1. The fourth-order valence-corrected chi connectivity index (χ4v) is 3.32. The Bertz CT molecular complexity index is 1140. The molecule has 0 aliphatic carbocycles. The van der Waals surface area contributed by atoms with Crippen molar-refractivity contribution in [2.75, 3.05) is 13.2 Å². The van der Waals surface area contributed by atoms with E-state index in [-0.39, 0.29) is 22.9 Å². The Hall–Kier alpha value is -2.77. The Labute approximate surface area is 170 Å². The Kier molecular flexibility index (Phi) is 5.60. The van der Waals surface area contributed by atoms with Crippen LogP contribution in [0.5, 0.6) is 0 Å². The van der Waals surface area contributed by atoms with E-state index in [1.165, 1.54) is 6.07 Å². The van der Waals surface area contributed by atoms with Gasteiger partial charge in [0.05, 0.1) is 6.10 Å². The second-order valence-corrected chi connectivity index (χ2v) is 7.14. The van der Waals surface area contributed by atoms with Gasteiger partial charge in [-0.15, -0.1) is 0 Å². The third-order valence-corrected chi connectivity index (χ3v) is 4.83. The lowest BCUT2D eigenvalue weighted by atomic mass is 10.1. The lowest BCUT2D eigenvalue weighted by Crippen LogP contribution is -2.34. The first-order valence-corrected chi connectivity index (χ1v) is 9.50. The number of halogens is 3. The highest BCUT2D eigenvalue weighted by atomic mass is 35.5. The van der Waals surface area contributed by atoms with Crippen LogP contribution in [0.4, 0.5) is 14.5 Å². The van der Waals surface area contributed by atoms with Gasteiger partial charge in [-0.25, -0.2) is 13.8 Å². The van der Waals surface area contributed by atoms with E-state index in [2.05, 4.69) is 10.3 Å². The molecule has 1 N–H and O–H groups in total. The summed E-state index contributed by atoms with van der Waals surface area (Å²) in [6.07, 6.45) is 1.78. The Morgan fingerprint density at radius 3 is 2.83 bits per heavy atom. The molecule has 3 aromatic rings. The maximum absolute atomic E-state index is 14.1. The minimum atomic E-state index is -0.859. The van der Waals surface area contributed by atoms with Crippen LogP contribution in [-0.2, 0) is 4.74 Å². The molecule has 150 valence electrons. The Balaban J connectivity index is 1.78. The van der Waals surface area contributed by atoms with Gasteiger partial charge < -0.3 is 14.5 Å². The fourth-order valence-electron chi connectivity index (χ4n) is 3.14. The molecule has 2 aromatic carbocycles. The maximum atomic E-state index is 14.1. The zero-order chi connectivity index (χ0) is 20.4. The number of fused-ring (bicyclic) bond motifs is 1. The number of rotatable bonds is 4. The van der Waals surface area contributed by atoms with Crippen LogP contribution >= 0.6 is 11.6 Å². The third-order valence-electron chi connectivity index (χ3n) is 4.60. The van der Waals surface area contributed by atoms with Crippen molar-refractivity contribution in [3.8, 4) is 0 Å². The molecule has 1 saturated heterocycles. The Morgan fingerprint density at radius 2 is 2.07 bits per heavy atom. The molecule has 1 aliphatic rings. The van der Waals surface area contributed by atoms with Crippen LogP contribution < -0.4 is 10.9 Å². The van der Waals surface area contributed by atoms with Crippen LogP contribution in [0, 0.1) is 11.6 Å². The van der Waals surface area contributed by atoms with Gasteiger partial charge >= 0.3 is 0 Å². The highest BCUT2D eigenvalue weighted by molar-refractivity contribution is 6.31. The number of carbonyl (C=O) groups excluding carboxylic acids is 1. The van der Waals surface area contributed by atoms with Gasteiger partial charge in [0.15, 0.2) is 5.82 Å². The van der Waals surface area contributed by atoms with E-state index < -0.39 is 17.5 Å². The second kappa shape index (κ2) is 8.31. The number of ether oxygens (including phenoxy) is 1. The van der Waals surface area contributed by atoms with E-state index in [1.54, 1.807) is 24.3 Å². The number of benzene rings is 2. The molecule has 8 heteroatoms. The molecule has 0 unspecified atom stereocenters. The first kappa shape index (κ1) is 19.5. The molecular weight excluding hydrogens is 402 g/mol. The summed E-state index contributed by atoms with van der Waals surface area (Å²) in [5.41, 5.74) is 0.305. The number of nitrogens with one attached hydrogen (secondary N) is 1. The molecule has 4 rings (SSSR count). The van der Waals surface area contributed by atoms with Crippen molar-refractivity contribution in [3.63, 3.8) is 0 Å². The van der Waals surface area contributed by atoms with Crippen molar-refractivity contribution in [2.24, 2.45) is 4.99 Å². The largest absolute Gasteiger partial charge is 0.438 e. The van der Waals surface area contributed by atoms with E-state index in [9.17, 15) is 13.6 Å². The summed E-state index contributed by atoms with van der Waals surface area (Å²) in [5, 5.41) is 3.87. The van der Waals surface area contributed by atoms with Gasteiger partial charge in [0.1, 0.15) is 22.7 Å². The van der Waals surface area contributed by atoms with Gasteiger partial charge in [0.2, 0.25) is 5.55 Å². The molecule has 0 bridgehead atoms. The van der Waals surface area contributed by atoms with E-state index in [0.29, 0.717) is 29.1 Å². The van der Waals surface area contributed by atoms with Crippen LogP contribution in [0.15, 0.2) is 51.9 Å². The molecule has 1 fully saturated rings. The van der Waals surface area contributed by atoms with Crippen molar-refractivity contribution in [2.45, 2.75) is 18.9 Å². The number of amides is 1. The van der Waals surface area contributed by atoms with Crippen molar-refractivity contribution >= 4 is 34.2 Å². The molecule has 0 spiro atoms. The molecule has 2 heterocycles. The highest BCUT2D eigenvalue weighted by Crippen LogP contribution is 2.21. The third kappa shape index (κ3) is 4.46. The predicted octanol–water partition coefficient (Wildman–Crippen LogP) is 4.51. The first-order valence-electron chi connectivity index (χ1n) is 9.12. The molecule has 1 atom stereocenters. The van der Waals surface area contributed by atoms with Crippen molar-refractivity contribution < 1.29 is 22.7 Å². The zero-order valence-corrected chi connectivity index (χ0v) is 16.0. The van der Waals surface area contributed by atoms with Gasteiger partial charge in [-0.2, -0.15) is 0 Å². The summed E-state index contributed by atoms with van der Waals surface area (Å²) >= 11 is 6.04. The van der Waals surface area contributed by atoms with E-state index in [1.807, 2.05) is 0 Å². The van der Waals surface area contributed by atoms with Gasteiger partial charge in [-0.05, 0) is 49.2 Å². The summed E-state index contributed by atoms with van der Waals surface area (Å²) in [4.78, 5) is 16.9. The molecular formula is C21H17ClF2N2O3. The van der Waals surface area contributed by atoms with Crippen molar-refractivity contribution in [1.29, 1.82) is 0 Å². The highest BCUT2D eigenvalue weighted by Gasteiger charge is 2.19. The average Bonchev–Trinajstić information content (AvgIpc) is 3.21. The van der Waals surface area contributed by atoms with E-state index in [0.717, 1.165) is 25.0 Å². The Morgan fingerprint density at radius 1 is 1.21 bits per heavy atom. The smallest absolute Gasteiger partial charge is 0.256 e. The SMILES string of the molecule is O=C(NC[C@H]1CCCO1)c1cc2cc(Cl)ccc2oc1=Nc1ccc(F)cc1F.